The highest BCUT2D eigenvalue weighted by atomic mass is 35.5. The highest BCUT2D eigenvalue weighted by Crippen LogP contribution is 2.36. The first-order valence-electron chi connectivity index (χ1n) is 8.47. The highest BCUT2D eigenvalue weighted by molar-refractivity contribution is 6.32. The molecule has 0 fully saturated rings. The average Bonchev–Trinajstić information content (AvgIpc) is 2.55. The molecule has 0 radical (unpaired) electrons. The molecule has 6 heteroatoms. The number of amides is 1. The molecule has 0 heterocycles. The molecule has 0 saturated heterocycles. The van der Waals surface area contributed by atoms with Crippen molar-refractivity contribution in [2.45, 2.75) is 46.3 Å². The Labute approximate surface area is 155 Å². The van der Waals surface area contributed by atoms with Crippen LogP contribution >= 0.6 is 11.6 Å². The van der Waals surface area contributed by atoms with Gasteiger partial charge in [-0.25, -0.2) is 0 Å². The Bertz CT molecular complexity index is 599. The van der Waals surface area contributed by atoms with Crippen LogP contribution in [0.2, 0.25) is 5.02 Å². The van der Waals surface area contributed by atoms with Crippen LogP contribution < -0.4 is 9.47 Å². The average molecular weight is 370 g/mol. The summed E-state index contributed by atoms with van der Waals surface area (Å²) in [6.07, 6.45) is 3.44. The molecule has 1 amide bonds. The minimum Gasteiger partial charge on any atom is -0.493 e. The van der Waals surface area contributed by atoms with Gasteiger partial charge in [-0.05, 0) is 51.0 Å². The second kappa shape index (κ2) is 10.3. The number of benzene rings is 1. The lowest BCUT2D eigenvalue weighted by atomic mass is 10.1. The molecule has 1 aromatic rings. The number of hydrogen-bond donors (Lipinski definition) is 1. The van der Waals surface area contributed by atoms with E-state index in [2.05, 4.69) is 0 Å². The van der Waals surface area contributed by atoms with Gasteiger partial charge < -0.3 is 19.5 Å². The fourth-order valence-electron chi connectivity index (χ4n) is 2.28. The van der Waals surface area contributed by atoms with Crippen molar-refractivity contribution in [3.05, 3.63) is 28.8 Å². The van der Waals surface area contributed by atoms with E-state index in [0.717, 1.165) is 12.0 Å². The van der Waals surface area contributed by atoms with Gasteiger partial charge in [0.15, 0.2) is 11.5 Å². The van der Waals surface area contributed by atoms with Crippen LogP contribution in [0.1, 0.15) is 39.7 Å². The Morgan fingerprint density at radius 1 is 1.36 bits per heavy atom. The number of rotatable bonds is 9. The van der Waals surface area contributed by atoms with Crippen molar-refractivity contribution in [1.82, 2.24) is 4.90 Å². The lowest BCUT2D eigenvalue weighted by Crippen LogP contribution is -2.40. The van der Waals surface area contributed by atoms with Gasteiger partial charge in [0.1, 0.15) is 0 Å². The van der Waals surface area contributed by atoms with Gasteiger partial charge in [-0.15, -0.1) is 0 Å². The molecule has 25 heavy (non-hydrogen) atoms. The number of aliphatic hydroxyl groups excluding tert-OH is 1. The fraction of sp³-hybridized carbons (Fsp3) is 0.526. The van der Waals surface area contributed by atoms with Gasteiger partial charge in [0, 0.05) is 18.7 Å². The lowest BCUT2D eigenvalue weighted by Gasteiger charge is -2.26. The van der Waals surface area contributed by atoms with Gasteiger partial charge in [0.2, 0.25) is 5.91 Å². The van der Waals surface area contributed by atoms with E-state index in [4.69, 9.17) is 21.1 Å². The molecule has 1 rings (SSSR count). The number of ether oxygens (including phenoxy) is 2. The second-order valence-corrected chi connectivity index (χ2v) is 6.56. The van der Waals surface area contributed by atoms with E-state index in [0.29, 0.717) is 23.1 Å². The van der Waals surface area contributed by atoms with Gasteiger partial charge >= 0.3 is 0 Å². The van der Waals surface area contributed by atoms with E-state index in [1.807, 2.05) is 20.8 Å². The van der Waals surface area contributed by atoms with Gasteiger partial charge in [-0.1, -0.05) is 18.5 Å². The molecular weight excluding hydrogens is 342 g/mol. The Morgan fingerprint density at radius 2 is 2.04 bits per heavy atom. The quantitative estimate of drug-likeness (QED) is 0.673. The summed E-state index contributed by atoms with van der Waals surface area (Å²) in [7, 11) is 1.55. The SMILES string of the molecule is CCCOc1c(Cl)cc(/C=C/C(=O)N(CC(C)O)C(C)C)cc1OC. The van der Waals surface area contributed by atoms with Crippen LogP contribution in [0.25, 0.3) is 6.08 Å². The number of carbonyl (C=O) groups excluding carboxylic acids is 1. The second-order valence-electron chi connectivity index (χ2n) is 6.15. The molecule has 0 aliphatic rings. The van der Waals surface area contributed by atoms with Crippen molar-refractivity contribution in [2.75, 3.05) is 20.3 Å². The van der Waals surface area contributed by atoms with Crippen LogP contribution in [0.5, 0.6) is 11.5 Å². The first-order chi connectivity index (χ1) is 11.8. The number of carbonyl (C=O) groups is 1. The number of nitrogens with zero attached hydrogens (tertiary/aromatic N) is 1. The number of halogens is 1. The third-order valence-corrected chi connectivity index (χ3v) is 3.77. The Kier molecular flexibility index (Phi) is 8.79. The van der Waals surface area contributed by atoms with Crippen LogP contribution in [0.3, 0.4) is 0 Å². The molecule has 1 atom stereocenters. The summed E-state index contributed by atoms with van der Waals surface area (Å²) in [4.78, 5) is 14.0. The molecule has 1 aromatic carbocycles. The fourth-order valence-corrected chi connectivity index (χ4v) is 2.56. The van der Waals surface area contributed by atoms with Crippen LogP contribution in [0.15, 0.2) is 18.2 Å². The van der Waals surface area contributed by atoms with Crippen LogP contribution in [-0.4, -0.2) is 48.3 Å². The minimum atomic E-state index is -0.579. The summed E-state index contributed by atoms with van der Waals surface area (Å²) in [6, 6.07) is 3.50. The molecule has 1 unspecified atom stereocenters. The first-order valence-corrected chi connectivity index (χ1v) is 8.85. The summed E-state index contributed by atoms with van der Waals surface area (Å²) >= 11 is 6.28. The van der Waals surface area contributed by atoms with Gasteiger partial charge in [-0.3, -0.25) is 4.79 Å². The molecule has 0 aliphatic carbocycles. The number of hydrogen-bond acceptors (Lipinski definition) is 4. The summed E-state index contributed by atoms with van der Waals surface area (Å²) in [5.74, 6) is 0.863. The van der Waals surface area contributed by atoms with Gasteiger partial charge in [0.05, 0.1) is 24.8 Å². The molecule has 0 saturated carbocycles. The lowest BCUT2D eigenvalue weighted by molar-refractivity contribution is -0.128. The predicted molar refractivity (Wildman–Crippen MR) is 101 cm³/mol. The zero-order valence-corrected chi connectivity index (χ0v) is 16.3. The largest absolute Gasteiger partial charge is 0.493 e. The maximum absolute atomic E-state index is 12.4. The monoisotopic (exact) mass is 369 g/mol. The summed E-state index contributed by atoms with van der Waals surface area (Å²) in [5, 5.41) is 9.98. The molecular formula is C19H28ClNO4. The Balaban J connectivity index is 2.99. The van der Waals surface area contributed by atoms with Crippen molar-refractivity contribution < 1.29 is 19.4 Å². The minimum absolute atomic E-state index is 0.00491. The van der Waals surface area contributed by atoms with Crippen molar-refractivity contribution >= 4 is 23.6 Å². The topological polar surface area (TPSA) is 59.0 Å². The van der Waals surface area contributed by atoms with E-state index in [1.165, 1.54) is 6.08 Å². The van der Waals surface area contributed by atoms with Crippen LogP contribution in [0, 0.1) is 0 Å². The third kappa shape index (κ3) is 6.59. The van der Waals surface area contributed by atoms with Crippen molar-refractivity contribution in [3.8, 4) is 11.5 Å². The zero-order valence-electron chi connectivity index (χ0n) is 15.6. The first kappa shape index (κ1) is 21.3. The normalized spacial score (nSPS) is 12.5. The van der Waals surface area contributed by atoms with Crippen molar-refractivity contribution in [3.63, 3.8) is 0 Å². The van der Waals surface area contributed by atoms with Crippen LogP contribution in [0.4, 0.5) is 0 Å². The van der Waals surface area contributed by atoms with E-state index >= 15 is 0 Å². The molecule has 0 bridgehead atoms. The summed E-state index contributed by atoms with van der Waals surface area (Å²) in [5.41, 5.74) is 0.736. The molecule has 0 aliphatic heterocycles. The maximum atomic E-state index is 12.4. The standard InChI is InChI=1S/C19H28ClNO4/c1-6-9-25-19-16(20)10-15(11-17(19)24-5)7-8-18(23)21(13(2)3)12-14(4)22/h7-8,10-11,13-14,22H,6,9,12H2,1-5H3/b8-7+. The van der Waals surface area contributed by atoms with E-state index in [-0.39, 0.29) is 18.5 Å². The number of methoxy groups -OCH3 is 1. The van der Waals surface area contributed by atoms with E-state index in [1.54, 1.807) is 37.1 Å². The van der Waals surface area contributed by atoms with Crippen LogP contribution in [-0.2, 0) is 4.79 Å². The van der Waals surface area contributed by atoms with E-state index < -0.39 is 6.10 Å². The van der Waals surface area contributed by atoms with Crippen molar-refractivity contribution in [2.24, 2.45) is 0 Å². The highest BCUT2D eigenvalue weighted by Gasteiger charge is 2.16. The molecule has 5 nitrogen and oxygen atoms in total. The zero-order chi connectivity index (χ0) is 19.0. The predicted octanol–water partition coefficient (Wildman–Crippen LogP) is 3.77. The van der Waals surface area contributed by atoms with E-state index in [9.17, 15) is 9.90 Å². The summed E-state index contributed by atoms with van der Waals surface area (Å²) in [6.45, 7) is 8.33. The molecule has 1 N–H and O–H groups in total. The van der Waals surface area contributed by atoms with Crippen molar-refractivity contribution in [1.29, 1.82) is 0 Å². The number of aliphatic hydroxyl groups is 1. The van der Waals surface area contributed by atoms with Gasteiger partial charge in [-0.2, -0.15) is 0 Å². The summed E-state index contributed by atoms with van der Waals surface area (Å²) < 4.78 is 11.0. The molecule has 0 spiro atoms. The Hall–Kier alpha value is -1.72. The Morgan fingerprint density at radius 3 is 2.56 bits per heavy atom. The van der Waals surface area contributed by atoms with Gasteiger partial charge in [0.25, 0.3) is 0 Å². The molecule has 140 valence electrons. The third-order valence-electron chi connectivity index (χ3n) is 3.49. The maximum Gasteiger partial charge on any atom is 0.246 e. The molecule has 0 aromatic heterocycles. The smallest absolute Gasteiger partial charge is 0.246 e.